The van der Waals surface area contributed by atoms with Crippen molar-refractivity contribution >= 4 is 32.0 Å². The monoisotopic (exact) mass is 169 g/mol. The van der Waals surface area contributed by atoms with E-state index in [2.05, 4.69) is 0 Å². The molecule has 0 aromatic heterocycles. The van der Waals surface area contributed by atoms with E-state index >= 15 is 0 Å². The predicted molar refractivity (Wildman–Crippen MR) is 32.4 cm³/mol. The number of hydrogen-bond donors (Lipinski definition) is 0. The Labute approximate surface area is 43.6 Å². The summed E-state index contributed by atoms with van der Waals surface area (Å²) in [5.74, 6) is 0. The molecule has 0 unspecified atom stereocenters. The van der Waals surface area contributed by atoms with Crippen molar-refractivity contribution < 1.29 is 0 Å². The maximum atomic E-state index is 4.81. The Hall–Kier alpha value is 1.13. The number of rotatable bonds is 0. The molecule has 0 aliphatic carbocycles. The van der Waals surface area contributed by atoms with Crippen molar-refractivity contribution in [3.8, 4) is 0 Å². The molecule has 0 aliphatic rings. The van der Waals surface area contributed by atoms with Crippen molar-refractivity contribution in [3.05, 3.63) is 0 Å². The van der Waals surface area contributed by atoms with Crippen LogP contribution in [0, 0.1) is 0 Å². The molecule has 0 radical (unpaired) electrons. The molecular weight excluding hydrogens is 163 g/mol. The fraction of sp³-hybridized carbons (Fsp3) is 1.00. The van der Waals surface area contributed by atoms with Gasteiger partial charge >= 0.3 is 43.4 Å². The average molecular weight is 169 g/mol. The molecule has 0 N–H and O–H groups in total. The van der Waals surface area contributed by atoms with E-state index in [0.29, 0.717) is 0 Å². The van der Waals surface area contributed by atoms with Gasteiger partial charge in [0.25, 0.3) is 0 Å². The van der Waals surface area contributed by atoms with Crippen LogP contribution in [-0.2, 0) is 10.9 Å². The van der Waals surface area contributed by atoms with Gasteiger partial charge in [0.1, 0.15) is 0 Å². The van der Waals surface area contributed by atoms with E-state index in [1.54, 1.807) is 0 Å². The Bertz CT molecular complexity index is 53.8. The van der Waals surface area contributed by atoms with Crippen LogP contribution in [0.4, 0.5) is 0 Å². The molecule has 0 spiro atoms. The molecule has 0 amide bonds. The second-order valence-corrected chi connectivity index (χ2v) is 17.2. The predicted octanol–water partition coefficient (Wildman–Crippen LogP) is 1.43. The summed E-state index contributed by atoms with van der Waals surface area (Å²) in [6.07, 6.45) is 0. The summed E-state index contributed by atoms with van der Waals surface area (Å²) in [6, 6.07) is 0. The fourth-order valence-corrected chi connectivity index (χ4v) is 0. The van der Waals surface area contributed by atoms with Gasteiger partial charge in [0.05, 0.1) is 0 Å². The first-order chi connectivity index (χ1) is 2.00. The third-order valence-electron chi connectivity index (χ3n) is 0. The topological polar surface area (TPSA) is 0 Å². The quantitative estimate of drug-likeness (QED) is 0.397. The molecule has 0 aromatic rings. The van der Waals surface area contributed by atoms with Crippen LogP contribution in [0.3, 0.4) is 0 Å². The Morgan fingerprint density at radius 3 is 1.60 bits per heavy atom. The third-order valence-corrected chi connectivity index (χ3v) is 0. The van der Waals surface area contributed by atoms with E-state index in [0.717, 1.165) is 0 Å². The summed E-state index contributed by atoms with van der Waals surface area (Å²) in [5, 5.41) is 0. The Morgan fingerprint density at radius 1 is 1.60 bits per heavy atom. The van der Waals surface area contributed by atoms with E-state index in [1.165, 1.54) is 0 Å². The van der Waals surface area contributed by atoms with Gasteiger partial charge in [-0.15, -0.1) is 0 Å². The van der Waals surface area contributed by atoms with Crippen LogP contribution in [0.15, 0.2) is 0 Å². The summed E-state index contributed by atoms with van der Waals surface area (Å²) in [4.78, 5) is 0. The number of hydrogen-bond acceptors (Lipinski definition) is 2. The van der Waals surface area contributed by atoms with Crippen molar-refractivity contribution in [2.45, 2.75) is 11.4 Å². The Balaban J connectivity index is 3.47. The van der Waals surface area contributed by atoms with E-state index in [9.17, 15) is 0 Å². The van der Waals surface area contributed by atoms with Gasteiger partial charge in [-0.3, -0.25) is 0 Å². The van der Waals surface area contributed by atoms with Crippen LogP contribution in [0.5, 0.6) is 0 Å². The average Bonchev–Trinajstić information content (AvgIpc) is 0.722. The second-order valence-electron chi connectivity index (χ2n) is 1.25. The van der Waals surface area contributed by atoms with Crippen molar-refractivity contribution in [1.82, 2.24) is 0 Å². The van der Waals surface area contributed by atoms with Crippen LogP contribution in [0.25, 0.3) is 0 Å². The molecule has 0 aliphatic heterocycles. The second kappa shape index (κ2) is 1.72. The van der Waals surface area contributed by atoms with Gasteiger partial charge < -0.3 is 0 Å². The summed E-state index contributed by atoms with van der Waals surface area (Å²) in [5.41, 5.74) is 3.98. The van der Waals surface area contributed by atoms with Gasteiger partial charge in [-0.05, 0) is 0 Å². The zero-order valence-corrected chi connectivity index (χ0v) is 6.77. The van der Waals surface area contributed by atoms with Crippen molar-refractivity contribution in [2.24, 2.45) is 0 Å². The van der Waals surface area contributed by atoms with Gasteiger partial charge in [-0.1, -0.05) is 0 Å². The van der Waals surface area contributed by atoms with E-state index in [1.807, 2.05) is 11.4 Å². The molecule has 0 aromatic carbocycles. The van der Waals surface area contributed by atoms with Gasteiger partial charge in [0.15, 0.2) is 0 Å². The molecular formula is C2H6AsS2-. The minimum atomic E-state index is -1.71. The molecule has 5 heavy (non-hydrogen) atoms. The molecule has 0 fully saturated rings. The standard InChI is InChI=1S/C2H7AsS2/c1-3(2,4)5/h1-2H3,(H,4,5)/p-1. The van der Waals surface area contributed by atoms with Gasteiger partial charge in [-0.2, -0.15) is 0 Å². The van der Waals surface area contributed by atoms with Crippen molar-refractivity contribution in [2.75, 3.05) is 0 Å². The molecule has 0 saturated heterocycles. The molecule has 0 atom stereocenters. The first-order valence-corrected chi connectivity index (χ1v) is 10.3. The zero-order chi connectivity index (χ0) is 4.50. The van der Waals surface area contributed by atoms with Gasteiger partial charge in [0.2, 0.25) is 0 Å². The molecule has 0 saturated carbocycles. The maximum absolute atomic E-state index is 4.81. The van der Waals surface area contributed by atoms with Crippen LogP contribution in [-0.4, -0.2) is 10.7 Å². The van der Waals surface area contributed by atoms with Crippen LogP contribution >= 0.6 is 10.4 Å². The molecule has 32 valence electrons. The van der Waals surface area contributed by atoms with Crippen LogP contribution in [0.2, 0.25) is 11.4 Å². The normalized spacial score (nSPS) is 11.8. The molecule has 0 nitrogen and oxygen atoms in total. The first kappa shape index (κ1) is 6.13. The summed E-state index contributed by atoms with van der Waals surface area (Å²) in [6.45, 7) is 0. The van der Waals surface area contributed by atoms with E-state index < -0.39 is 10.7 Å². The van der Waals surface area contributed by atoms with Crippen LogP contribution in [0.1, 0.15) is 0 Å². The SMILES string of the molecule is C[As](C)(=S)[S-]. The molecule has 0 bridgehead atoms. The third kappa shape index (κ3) is 39.4. The first-order valence-electron chi connectivity index (χ1n) is 1.26. The van der Waals surface area contributed by atoms with Crippen LogP contribution < -0.4 is 0 Å². The van der Waals surface area contributed by atoms with E-state index in [-0.39, 0.29) is 0 Å². The minimum absolute atomic E-state index is 1.71. The summed E-state index contributed by atoms with van der Waals surface area (Å²) in [7, 11) is 7.92. The van der Waals surface area contributed by atoms with Gasteiger partial charge in [-0.25, -0.2) is 0 Å². The molecule has 3 heteroatoms. The summed E-state index contributed by atoms with van der Waals surface area (Å²) >= 11 is 0. The van der Waals surface area contributed by atoms with Crippen molar-refractivity contribution in [3.63, 3.8) is 0 Å². The Kier molecular flexibility index (Phi) is 2.11. The molecule has 0 heterocycles. The Morgan fingerprint density at radius 2 is 1.60 bits per heavy atom. The van der Waals surface area contributed by atoms with E-state index in [4.69, 9.17) is 21.3 Å². The van der Waals surface area contributed by atoms with Gasteiger partial charge in [0, 0.05) is 0 Å². The van der Waals surface area contributed by atoms with Crippen molar-refractivity contribution in [1.29, 1.82) is 0 Å². The molecule has 0 rings (SSSR count). The zero-order valence-electron chi connectivity index (χ0n) is 3.26. The summed E-state index contributed by atoms with van der Waals surface area (Å²) < 4.78 is 0. The fourth-order valence-electron chi connectivity index (χ4n) is 0.